The molecular formula is C13H22BN3O3. The van der Waals surface area contributed by atoms with Gasteiger partial charge in [-0.05, 0) is 27.7 Å². The summed E-state index contributed by atoms with van der Waals surface area (Å²) in [5, 5.41) is 0. The molecule has 0 saturated carbocycles. The van der Waals surface area contributed by atoms with E-state index in [0.717, 1.165) is 37.8 Å². The van der Waals surface area contributed by atoms with Crippen molar-refractivity contribution < 1.29 is 14.0 Å². The predicted octanol–water partition coefficient (Wildman–Crippen LogP) is 0.545. The van der Waals surface area contributed by atoms with Gasteiger partial charge in [0.25, 0.3) is 0 Å². The van der Waals surface area contributed by atoms with Crippen LogP contribution in [0.3, 0.4) is 0 Å². The lowest BCUT2D eigenvalue weighted by Crippen LogP contribution is -2.41. The Bertz CT molecular complexity index is 467. The van der Waals surface area contributed by atoms with Crippen LogP contribution in [0.2, 0.25) is 0 Å². The third kappa shape index (κ3) is 2.34. The van der Waals surface area contributed by atoms with Crippen LogP contribution in [0, 0.1) is 0 Å². The Hall–Kier alpha value is -1.05. The van der Waals surface area contributed by atoms with Crippen molar-refractivity contribution >= 4 is 18.7 Å². The molecule has 2 saturated heterocycles. The van der Waals surface area contributed by atoms with Crippen LogP contribution >= 0.6 is 0 Å². The lowest BCUT2D eigenvalue weighted by atomic mass is 9.86. The summed E-state index contributed by atoms with van der Waals surface area (Å²) in [6.07, 6.45) is 1.80. The number of nitrogens with zero attached hydrogens (tertiary/aromatic N) is 2. The Morgan fingerprint density at radius 2 is 1.75 bits per heavy atom. The SMILES string of the molecule is CC1(C)OB(c2cnc(N3CCOCC3)[nH]2)OC1(C)C. The number of aromatic nitrogens is 2. The molecule has 2 aliphatic rings. The molecule has 1 aromatic rings. The molecule has 20 heavy (non-hydrogen) atoms. The van der Waals surface area contributed by atoms with E-state index in [1.807, 2.05) is 27.7 Å². The summed E-state index contributed by atoms with van der Waals surface area (Å²) < 4.78 is 17.4. The number of morpholine rings is 1. The molecule has 7 heteroatoms. The van der Waals surface area contributed by atoms with Gasteiger partial charge in [-0.2, -0.15) is 0 Å². The Balaban J connectivity index is 1.74. The highest BCUT2D eigenvalue weighted by Gasteiger charge is 2.52. The van der Waals surface area contributed by atoms with E-state index >= 15 is 0 Å². The van der Waals surface area contributed by atoms with Crippen molar-refractivity contribution in [3.05, 3.63) is 6.20 Å². The molecule has 3 heterocycles. The lowest BCUT2D eigenvalue weighted by molar-refractivity contribution is 0.00578. The van der Waals surface area contributed by atoms with E-state index in [4.69, 9.17) is 14.0 Å². The van der Waals surface area contributed by atoms with Crippen LogP contribution in [0.1, 0.15) is 27.7 Å². The molecule has 0 aliphatic carbocycles. The second kappa shape index (κ2) is 4.75. The smallest absolute Gasteiger partial charge is 0.398 e. The topological polar surface area (TPSA) is 59.6 Å². The summed E-state index contributed by atoms with van der Waals surface area (Å²) in [6.45, 7) is 11.4. The molecule has 0 radical (unpaired) electrons. The molecule has 110 valence electrons. The number of aromatic amines is 1. The summed E-state index contributed by atoms with van der Waals surface area (Å²) in [5.74, 6) is 0.859. The number of hydrogen-bond acceptors (Lipinski definition) is 5. The summed E-state index contributed by atoms with van der Waals surface area (Å²) in [4.78, 5) is 9.92. The molecule has 1 N–H and O–H groups in total. The zero-order valence-corrected chi connectivity index (χ0v) is 12.6. The first-order valence-electron chi connectivity index (χ1n) is 7.12. The third-order valence-electron chi connectivity index (χ3n) is 4.40. The van der Waals surface area contributed by atoms with Crippen LogP contribution in [0.15, 0.2) is 6.20 Å². The van der Waals surface area contributed by atoms with E-state index < -0.39 is 0 Å². The molecule has 2 fully saturated rings. The van der Waals surface area contributed by atoms with Gasteiger partial charge in [0.15, 0.2) is 0 Å². The average Bonchev–Trinajstić information content (AvgIpc) is 2.94. The molecule has 3 rings (SSSR count). The average molecular weight is 279 g/mol. The van der Waals surface area contributed by atoms with Crippen molar-refractivity contribution in [3.63, 3.8) is 0 Å². The summed E-state index contributed by atoms with van der Waals surface area (Å²) >= 11 is 0. The quantitative estimate of drug-likeness (QED) is 0.801. The minimum atomic E-state index is -0.387. The normalized spacial score (nSPS) is 25.2. The predicted molar refractivity (Wildman–Crippen MR) is 77.3 cm³/mol. The van der Waals surface area contributed by atoms with E-state index in [1.165, 1.54) is 0 Å². The highest BCUT2D eigenvalue weighted by atomic mass is 16.7. The fourth-order valence-electron chi connectivity index (χ4n) is 2.35. The molecule has 0 aromatic carbocycles. The first-order valence-corrected chi connectivity index (χ1v) is 7.12. The standard InChI is InChI=1S/C13H22BN3O3/c1-12(2)13(3,4)20-14(19-12)10-9-15-11(16-10)17-5-7-18-8-6-17/h9H,5-8H2,1-4H3,(H,15,16). The highest BCUT2D eigenvalue weighted by Crippen LogP contribution is 2.36. The van der Waals surface area contributed by atoms with Gasteiger partial charge < -0.3 is 23.9 Å². The van der Waals surface area contributed by atoms with E-state index in [0.29, 0.717) is 0 Å². The molecular weight excluding hydrogens is 257 g/mol. The first kappa shape index (κ1) is 13.9. The number of ether oxygens (including phenoxy) is 1. The molecule has 1 aromatic heterocycles. The summed E-state index contributed by atoms with van der Waals surface area (Å²) in [5.41, 5.74) is 0.203. The monoisotopic (exact) mass is 279 g/mol. The van der Waals surface area contributed by atoms with E-state index in [2.05, 4.69) is 14.9 Å². The van der Waals surface area contributed by atoms with E-state index in [1.54, 1.807) is 6.20 Å². The molecule has 0 atom stereocenters. The van der Waals surface area contributed by atoms with E-state index in [-0.39, 0.29) is 18.3 Å². The van der Waals surface area contributed by atoms with Crippen LogP contribution in [0.4, 0.5) is 5.95 Å². The number of rotatable bonds is 2. The van der Waals surface area contributed by atoms with Gasteiger partial charge in [-0.15, -0.1) is 0 Å². The third-order valence-corrected chi connectivity index (χ3v) is 4.40. The van der Waals surface area contributed by atoms with E-state index in [9.17, 15) is 0 Å². The first-order chi connectivity index (χ1) is 9.39. The molecule has 0 bridgehead atoms. The molecule has 0 spiro atoms. The Kier molecular flexibility index (Phi) is 3.31. The highest BCUT2D eigenvalue weighted by molar-refractivity contribution is 6.61. The largest absolute Gasteiger partial charge is 0.513 e. The van der Waals surface area contributed by atoms with Crippen molar-refractivity contribution in [1.82, 2.24) is 9.97 Å². The lowest BCUT2D eigenvalue weighted by Gasteiger charge is -2.32. The van der Waals surface area contributed by atoms with Gasteiger partial charge in [-0.25, -0.2) is 4.98 Å². The Morgan fingerprint density at radius 3 is 2.35 bits per heavy atom. The zero-order chi connectivity index (χ0) is 14.4. The number of H-pyrrole nitrogens is 1. The fourth-order valence-corrected chi connectivity index (χ4v) is 2.35. The van der Waals surface area contributed by atoms with Crippen molar-refractivity contribution in [2.75, 3.05) is 31.2 Å². The van der Waals surface area contributed by atoms with Gasteiger partial charge in [0.2, 0.25) is 5.95 Å². The number of nitrogens with one attached hydrogen (secondary N) is 1. The van der Waals surface area contributed by atoms with Crippen molar-refractivity contribution in [2.45, 2.75) is 38.9 Å². The summed E-state index contributed by atoms with van der Waals surface area (Å²) in [6, 6.07) is 0. The molecule has 6 nitrogen and oxygen atoms in total. The second-order valence-electron chi connectivity index (χ2n) is 6.35. The van der Waals surface area contributed by atoms with Gasteiger partial charge in [-0.1, -0.05) is 0 Å². The van der Waals surface area contributed by atoms with Gasteiger partial charge in [0.05, 0.1) is 30.0 Å². The maximum Gasteiger partial charge on any atom is 0.513 e. The van der Waals surface area contributed by atoms with Crippen molar-refractivity contribution in [1.29, 1.82) is 0 Å². The van der Waals surface area contributed by atoms with Gasteiger partial charge in [-0.3, -0.25) is 0 Å². The molecule has 2 aliphatic heterocycles. The summed E-state index contributed by atoms with van der Waals surface area (Å²) in [7, 11) is -0.387. The van der Waals surface area contributed by atoms with Gasteiger partial charge in [0.1, 0.15) is 0 Å². The minimum absolute atomic E-state index is 0.331. The zero-order valence-electron chi connectivity index (χ0n) is 12.6. The minimum Gasteiger partial charge on any atom is -0.398 e. The maximum atomic E-state index is 6.01. The number of imidazole rings is 1. The number of anilines is 1. The van der Waals surface area contributed by atoms with Crippen LogP contribution in [0.25, 0.3) is 0 Å². The molecule has 0 unspecified atom stereocenters. The van der Waals surface area contributed by atoms with Crippen molar-refractivity contribution in [3.8, 4) is 0 Å². The Morgan fingerprint density at radius 1 is 1.15 bits per heavy atom. The number of hydrogen-bond donors (Lipinski definition) is 1. The molecule has 0 amide bonds. The fraction of sp³-hybridized carbons (Fsp3) is 0.769. The maximum absolute atomic E-state index is 6.01. The van der Waals surface area contributed by atoms with Gasteiger partial charge in [0, 0.05) is 19.3 Å². The van der Waals surface area contributed by atoms with Crippen LogP contribution in [-0.4, -0.2) is 54.6 Å². The Labute approximate surface area is 119 Å². The van der Waals surface area contributed by atoms with Gasteiger partial charge >= 0.3 is 7.12 Å². The van der Waals surface area contributed by atoms with Crippen LogP contribution in [0.5, 0.6) is 0 Å². The van der Waals surface area contributed by atoms with Crippen molar-refractivity contribution in [2.24, 2.45) is 0 Å². The second-order valence-corrected chi connectivity index (χ2v) is 6.35. The van der Waals surface area contributed by atoms with Crippen LogP contribution in [-0.2, 0) is 14.0 Å². The van der Waals surface area contributed by atoms with Crippen LogP contribution < -0.4 is 10.5 Å².